The molecule has 10 nitrogen and oxygen atoms in total. The molecule has 1 unspecified atom stereocenters. The summed E-state index contributed by atoms with van der Waals surface area (Å²) < 4.78 is 15.3. The predicted molar refractivity (Wildman–Crippen MR) is 115 cm³/mol. The molecule has 3 amide bonds. The minimum atomic E-state index is -0.776. The number of nitrogens with one attached hydrogen (secondary N) is 1. The summed E-state index contributed by atoms with van der Waals surface area (Å²) >= 11 is 0. The fraction of sp³-hybridized carbons (Fsp3) is 0.545. The molecular weight excluding hydrogens is 418 g/mol. The Morgan fingerprint density at radius 2 is 1.78 bits per heavy atom. The molecule has 32 heavy (non-hydrogen) atoms. The third-order valence-electron chi connectivity index (χ3n) is 4.77. The number of hydrogen-bond acceptors (Lipinski definition) is 7. The standard InChI is InChI=1S/C22H31N3O7/c1-22(2,3)32-21(29)25-11-16(19(27)24(4)13-18(26)30-5)17(12-25)23-20(28)31-14-15-9-7-6-8-10-15/h6-10,16-17H,11-14H2,1-5H3,(H,23,28)/t16-,17?/m1/s1. The van der Waals surface area contributed by atoms with E-state index in [1.54, 1.807) is 20.8 Å². The Bertz CT molecular complexity index is 823. The highest BCUT2D eigenvalue weighted by Crippen LogP contribution is 2.22. The monoisotopic (exact) mass is 449 g/mol. The van der Waals surface area contributed by atoms with Gasteiger partial charge in [-0.1, -0.05) is 30.3 Å². The van der Waals surface area contributed by atoms with Gasteiger partial charge in [0, 0.05) is 20.1 Å². The van der Waals surface area contributed by atoms with Crippen molar-refractivity contribution in [2.45, 2.75) is 39.0 Å². The van der Waals surface area contributed by atoms with Crippen LogP contribution in [0.4, 0.5) is 9.59 Å². The Hall–Kier alpha value is -3.30. The lowest BCUT2D eigenvalue weighted by atomic mass is 10.0. The van der Waals surface area contributed by atoms with Gasteiger partial charge in [-0.2, -0.15) is 0 Å². The summed E-state index contributed by atoms with van der Waals surface area (Å²) in [6.45, 7) is 5.14. The fourth-order valence-electron chi connectivity index (χ4n) is 3.21. The molecule has 0 bridgehead atoms. The number of ether oxygens (including phenoxy) is 3. The Morgan fingerprint density at radius 3 is 2.38 bits per heavy atom. The minimum Gasteiger partial charge on any atom is -0.468 e. The van der Waals surface area contributed by atoms with Crippen molar-refractivity contribution in [3.8, 4) is 0 Å². The maximum atomic E-state index is 13.0. The van der Waals surface area contributed by atoms with E-state index < -0.39 is 41.6 Å². The number of alkyl carbamates (subject to hydrolysis) is 1. The average molecular weight is 450 g/mol. The highest BCUT2D eigenvalue weighted by atomic mass is 16.6. The molecule has 0 aliphatic carbocycles. The lowest BCUT2D eigenvalue weighted by Crippen LogP contribution is -2.47. The van der Waals surface area contributed by atoms with Gasteiger partial charge >= 0.3 is 18.2 Å². The molecule has 2 rings (SSSR count). The van der Waals surface area contributed by atoms with Crippen LogP contribution in [-0.4, -0.2) is 79.3 Å². The van der Waals surface area contributed by atoms with Crippen molar-refractivity contribution in [1.29, 1.82) is 0 Å². The fourth-order valence-corrected chi connectivity index (χ4v) is 3.21. The molecule has 176 valence electrons. The molecule has 0 spiro atoms. The van der Waals surface area contributed by atoms with E-state index in [1.807, 2.05) is 30.3 Å². The van der Waals surface area contributed by atoms with E-state index in [0.29, 0.717) is 0 Å². The van der Waals surface area contributed by atoms with Crippen molar-refractivity contribution >= 4 is 24.1 Å². The van der Waals surface area contributed by atoms with E-state index in [2.05, 4.69) is 10.1 Å². The smallest absolute Gasteiger partial charge is 0.410 e. The predicted octanol–water partition coefficient (Wildman–Crippen LogP) is 1.78. The topological polar surface area (TPSA) is 114 Å². The van der Waals surface area contributed by atoms with Gasteiger partial charge in [0.2, 0.25) is 5.91 Å². The highest BCUT2D eigenvalue weighted by Gasteiger charge is 2.43. The summed E-state index contributed by atoms with van der Waals surface area (Å²) in [6, 6.07) is 8.45. The van der Waals surface area contributed by atoms with Crippen LogP contribution in [0.3, 0.4) is 0 Å². The van der Waals surface area contributed by atoms with E-state index in [9.17, 15) is 19.2 Å². The van der Waals surface area contributed by atoms with Crippen molar-refractivity contribution < 1.29 is 33.4 Å². The van der Waals surface area contributed by atoms with Gasteiger partial charge in [-0.3, -0.25) is 9.59 Å². The molecule has 1 aromatic carbocycles. The largest absolute Gasteiger partial charge is 0.468 e. The van der Waals surface area contributed by atoms with Crippen molar-refractivity contribution in [3.05, 3.63) is 35.9 Å². The van der Waals surface area contributed by atoms with Gasteiger partial charge in [0.15, 0.2) is 0 Å². The summed E-state index contributed by atoms with van der Waals surface area (Å²) in [5.41, 5.74) is 0.105. The molecule has 0 radical (unpaired) electrons. The minimum absolute atomic E-state index is 0.0306. The van der Waals surface area contributed by atoms with Crippen LogP contribution in [0, 0.1) is 5.92 Å². The number of nitrogens with zero attached hydrogens (tertiary/aromatic N) is 2. The molecule has 1 saturated heterocycles. The zero-order valence-electron chi connectivity index (χ0n) is 19.1. The molecule has 0 aromatic heterocycles. The van der Waals surface area contributed by atoms with Gasteiger partial charge in [0.25, 0.3) is 0 Å². The number of carbonyl (C=O) groups excluding carboxylic acids is 4. The number of benzene rings is 1. The second-order valence-corrected chi connectivity index (χ2v) is 8.57. The van der Waals surface area contributed by atoms with Gasteiger partial charge in [0.1, 0.15) is 18.8 Å². The third kappa shape index (κ3) is 7.44. The van der Waals surface area contributed by atoms with E-state index in [0.717, 1.165) is 5.56 Å². The number of methoxy groups -OCH3 is 1. The Kier molecular flexibility index (Phi) is 8.45. The second kappa shape index (κ2) is 10.8. The molecule has 10 heteroatoms. The number of esters is 1. The van der Waals surface area contributed by atoms with Gasteiger partial charge in [-0.05, 0) is 26.3 Å². The van der Waals surface area contributed by atoms with Crippen LogP contribution >= 0.6 is 0 Å². The highest BCUT2D eigenvalue weighted by molar-refractivity contribution is 5.85. The van der Waals surface area contributed by atoms with Gasteiger partial charge in [0.05, 0.1) is 19.1 Å². The van der Waals surface area contributed by atoms with Crippen LogP contribution in [0.2, 0.25) is 0 Å². The van der Waals surface area contributed by atoms with Gasteiger partial charge < -0.3 is 29.3 Å². The summed E-state index contributed by atoms with van der Waals surface area (Å²) in [5, 5.41) is 2.68. The summed E-state index contributed by atoms with van der Waals surface area (Å²) in [6.07, 6.45) is -1.30. The number of rotatable bonds is 6. The van der Waals surface area contributed by atoms with Crippen LogP contribution in [0.25, 0.3) is 0 Å². The molecule has 1 heterocycles. The number of likely N-dealkylation sites (N-methyl/N-ethyl adjacent to an activating group) is 1. The SMILES string of the molecule is COC(=O)CN(C)C(=O)[C@@H]1CN(C(=O)OC(C)(C)C)CC1NC(=O)OCc1ccccc1. The van der Waals surface area contributed by atoms with Crippen LogP contribution in [0.15, 0.2) is 30.3 Å². The van der Waals surface area contributed by atoms with Crippen molar-refractivity contribution in [2.75, 3.05) is 33.8 Å². The second-order valence-electron chi connectivity index (χ2n) is 8.57. The maximum Gasteiger partial charge on any atom is 0.410 e. The average Bonchev–Trinajstić information content (AvgIpc) is 3.14. The lowest BCUT2D eigenvalue weighted by Gasteiger charge is -2.24. The number of amides is 3. The van der Waals surface area contributed by atoms with E-state index in [1.165, 1.54) is 24.0 Å². The zero-order chi connectivity index (χ0) is 23.9. The zero-order valence-corrected chi connectivity index (χ0v) is 19.1. The molecule has 0 saturated carbocycles. The Labute approximate surface area is 187 Å². The van der Waals surface area contributed by atoms with Crippen molar-refractivity contribution in [3.63, 3.8) is 0 Å². The number of carbonyl (C=O) groups is 4. The first kappa shape index (κ1) is 25.0. The van der Waals surface area contributed by atoms with Crippen LogP contribution in [0.1, 0.15) is 26.3 Å². The molecule has 1 aliphatic rings. The molecule has 1 aliphatic heterocycles. The van der Waals surface area contributed by atoms with Gasteiger partial charge in [-0.15, -0.1) is 0 Å². The summed E-state index contributed by atoms with van der Waals surface area (Å²) in [4.78, 5) is 52.0. The first-order chi connectivity index (χ1) is 15.0. The quantitative estimate of drug-likeness (QED) is 0.520. The lowest BCUT2D eigenvalue weighted by molar-refractivity contribution is -0.147. The van der Waals surface area contributed by atoms with E-state index >= 15 is 0 Å². The Balaban J connectivity index is 2.08. The number of likely N-dealkylation sites (tertiary alicyclic amines) is 1. The molecule has 2 atom stereocenters. The van der Waals surface area contributed by atoms with Crippen molar-refractivity contribution in [2.24, 2.45) is 5.92 Å². The molecule has 1 N–H and O–H groups in total. The van der Waals surface area contributed by atoms with Crippen molar-refractivity contribution in [1.82, 2.24) is 15.1 Å². The third-order valence-corrected chi connectivity index (χ3v) is 4.77. The van der Waals surface area contributed by atoms with E-state index in [4.69, 9.17) is 9.47 Å². The summed E-state index contributed by atoms with van der Waals surface area (Å²) in [5.74, 6) is -1.76. The van der Waals surface area contributed by atoms with E-state index in [-0.39, 0.29) is 26.2 Å². The molecule has 1 aromatic rings. The normalized spacial score (nSPS) is 18.0. The molecular formula is C22H31N3O7. The molecule has 1 fully saturated rings. The van der Waals surface area contributed by atoms with Crippen LogP contribution < -0.4 is 5.32 Å². The van der Waals surface area contributed by atoms with Crippen LogP contribution in [-0.2, 0) is 30.4 Å². The Morgan fingerprint density at radius 1 is 1.12 bits per heavy atom. The maximum absolute atomic E-state index is 13.0. The number of hydrogen-bond donors (Lipinski definition) is 1. The first-order valence-electron chi connectivity index (χ1n) is 10.3. The van der Waals surface area contributed by atoms with Crippen LogP contribution in [0.5, 0.6) is 0 Å². The van der Waals surface area contributed by atoms with Gasteiger partial charge in [-0.25, -0.2) is 9.59 Å². The first-order valence-corrected chi connectivity index (χ1v) is 10.3. The summed E-state index contributed by atoms with van der Waals surface area (Å²) in [7, 11) is 2.69.